The lowest BCUT2D eigenvalue weighted by atomic mass is 10.1. The minimum absolute atomic E-state index is 0.668. The number of methoxy groups -OCH3 is 2. The fourth-order valence-electron chi connectivity index (χ4n) is 1.80. The Morgan fingerprint density at radius 1 is 1.00 bits per heavy atom. The van der Waals surface area contributed by atoms with Gasteiger partial charge in [0, 0.05) is 13.7 Å². The number of hydrogen-bond acceptors (Lipinski definition) is 4. The molecule has 0 aromatic heterocycles. The molecule has 0 aliphatic heterocycles. The molecule has 108 valence electrons. The topological polar surface area (TPSA) is 39.7 Å². The van der Waals surface area contributed by atoms with Gasteiger partial charge in [-0.1, -0.05) is 18.2 Å². The van der Waals surface area contributed by atoms with Crippen LogP contribution in [0.5, 0.6) is 5.75 Å². The first kappa shape index (κ1) is 16.0. The average molecular weight is 267 g/mol. The van der Waals surface area contributed by atoms with Gasteiger partial charge in [0.05, 0.1) is 20.3 Å². The maximum absolute atomic E-state index is 5.39. The summed E-state index contributed by atoms with van der Waals surface area (Å²) in [5, 5.41) is 3.41. The van der Waals surface area contributed by atoms with Crippen LogP contribution >= 0.6 is 0 Å². The molecule has 0 aliphatic carbocycles. The minimum atomic E-state index is 0.668. The van der Waals surface area contributed by atoms with Crippen molar-refractivity contribution in [1.29, 1.82) is 0 Å². The normalized spacial score (nSPS) is 10.6. The SMILES string of the molecule is COCCOCCCNCCc1ccccc1OC. The lowest BCUT2D eigenvalue weighted by Gasteiger charge is -2.09. The van der Waals surface area contributed by atoms with E-state index in [-0.39, 0.29) is 0 Å². The molecule has 1 aromatic carbocycles. The monoisotopic (exact) mass is 267 g/mol. The number of ether oxygens (including phenoxy) is 3. The van der Waals surface area contributed by atoms with Crippen LogP contribution in [0.2, 0.25) is 0 Å². The van der Waals surface area contributed by atoms with E-state index >= 15 is 0 Å². The van der Waals surface area contributed by atoms with Crippen LogP contribution in [0.3, 0.4) is 0 Å². The highest BCUT2D eigenvalue weighted by atomic mass is 16.5. The number of nitrogens with one attached hydrogen (secondary N) is 1. The molecule has 0 bridgehead atoms. The summed E-state index contributed by atoms with van der Waals surface area (Å²) < 4.78 is 15.6. The summed E-state index contributed by atoms with van der Waals surface area (Å²) in [5.74, 6) is 0.965. The molecule has 0 aliphatic rings. The van der Waals surface area contributed by atoms with Crippen molar-refractivity contribution in [2.45, 2.75) is 12.8 Å². The van der Waals surface area contributed by atoms with Gasteiger partial charge < -0.3 is 19.5 Å². The Bertz CT molecular complexity index is 331. The molecule has 0 radical (unpaired) electrons. The molecule has 0 unspecified atom stereocenters. The average Bonchev–Trinajstić information content (AvgIpc) is 2.46. The molecule has 0 saturated heterocycles. The van der Waals surface area contributed by atoms with E-state index in [9.17, 15) is 0 Å². The summed E-state index contributed by atoms with van der Waals surface area (Å²) in [5.41, 5.74) is 1.24. The molecule has 0 atom stereocenters. The molecule has 4 nitrogen and oxygen atoms in total. The second kappa shape index (κ2) is 10.8. The highest BCUT2D eigenvalue weighted by molar-refractivity contribution is 5.33. The highest BCUT2D eigenvalue weighted by Gasteiger charge is 2.00. The van der Waals surface area contributed by atoms with Crippen LogP contribution in [-0.4, -0.2) is 47.1 Å². The Hall–Kier alpha value is -1.10. The first-order valence-corrected chi connectivity index (χ1v) is 6.77. The Morgan fingerprint density at radius 2 is 1.84 bits per heavy atom. The third-order valence-electron chi connectivity index (χ3n) is 2.84. The largest absolute Gasteiger partial charge is 0.496 e. The van der Waals surface area contributed by atoms with Gasteiger partial charge in [0.1, 0.15) is 5.75 Å². The zero-order valence-electron chi connectivity index (χ0n) is 12.0. The number of hydrogen-bond donors (Lipinski definition) is 1. The lowest BCUT2D eigenvalue weighted by molar-refractivity contribution is 0.0695. The van der Waals surface area contributed by atoms with E-state index in [1.54, 1.807) is 14.2 Å². The molecule has 19 heavy (non-hydrogen) atoms. The third-order valence-corrected chi connectivity index (χ3v) is 2.84. The quantitative estimate of drug-likeness (QED) is 0.621. The predicted molar refractivity (Wildman–Crippen MR) is 76.9 cm³/mol. The molecular formula is C15H25NO3. The summed E-state index contributed by atoms with van der Waals surface area (Å²) >= 11 is 0. The first-order chi connectivity index (χ1) is 9.38. The highest BCUT2D eigenvalue weighted by Crippen LogP contribution is 2.17. The number of para-hydroxylation sites is 1. The van der Waals surface area contributed by atoms with E-state index in [4.69, 9.17) is 14.2 Å². The number of rotatable bonds is 11. The first-order valence-electron chi connectivity index (χ1n) is 6.77. The lowest BCUT2D eigenvalue weighted by Crippen LogP contribution is -2.20. The van der Waals surface area contributed by atoms with Gasteiger partial charge in [0.25, 0.3) is 0 Å². The Kier molecular flexibility index (Phi) is 9.06. The van der Waals surface area contributed by atoms with Crippen molar-refractivity contribution in [2.75, 3.05) is 47.1 Å². The van der Waals surface area contributed by atoms with Gasteiger partial charge in [-0.25, -0.2) is 0 Å². The van der Waals surface area contributed by atoms with Crippen LogP contribution in [0.1, 0.15) is 12.0 Å². The van der Waals surface area contributed by atoms with E-state index in [1.165, 1.54) is 5.56 Å². The van der Waals surface area contributed by atoms with Crippen molar-refractivity contribution in [3.8, 4) is 5.75 Å². The fourth-order valence-corrected chi connectivity index (χ4v) is 1.80. The molecule has 0 spiro atoms. The van der Waals surface area contributed by atoms with Crippen molar-refractivity contribution < 1.29 is 14.2 Å². The van der Waals surface area contributed by atoms with E-state index in [1.807, 2.05) is 18.2 Å². The van der Waals surface area contributed by atoms with E-state index in [2.05, 4.69) is 11.4 Å². The zero-order chi connectivity index (χ0) is 13.8. The molecular weight excluding hydrogens is 242 g/mol. The Morgan fingerprint density at radius 3 is 2.63 bits per heavy atom. The smallest absolute Gasteiger partial charge is 0.122 e. The molecule has 0 saturated carbocycles. The van der Waals surface area contributed by atoms with Gasteiger partial charge in [0.15, 0.2) is 0 Å². The maximum Gasteiger partial charge on any atom is 0.122 e. The van der Waals surface area contributed by atoms with Crippen molar-refractivity contribution >= 4 is 0 Å². The van der Waals surface area contributed by atoms with Crippen LogP contribution in [0.4, 0.5) is 0 Å². The molecule has 1 N–H and O–H groups in total. The molecule has 1 rings (SSSR count). The van der Waals surface area contributed by atoms with E-state index in [0.717, 1.165) is 38.3 Å². The van der Waals surface area contributed by atoms with Crippen LogP contribution in [0.25, 0.3) is 0 Å². The second-order valence-electron chi connectivity index (χ2n) is 4.27. The van der Waals surface area contributed by atoms with Crippen LogP contribution < -0.4 is 10.1 Å². The van der Waals surface area contributed by atoms with Crippen LogP contribution in [0, 0.1) is 0 Å². The van der Waals surface area contributed by atoms with Gasteiger partial charge >= 0.3 is 0 Å². The fraction of sp³-hybridized carbons (Fsp3) is 0.600. The summed E-state index contributed by atoms with van der Waals surface area (Å²) in [7, 11) is 3.40. The van der Waals surface area contributed by atoms with Crippen LogP contribution in [0.15, 0.2) is 24.3 Å². The maximum atomic E-state index is 5.39. The molecule has 0 fully saturated rings. The van der Waals surface area contributed by atoms with Gasteiger partial charge in [-0.3, -0.25) is 0 Å². The molecule has 0 heterocycles. The van der Waals surface area contributed by atoms with Crippen LogP contribution in [-0.2, 0) is 15.9 Å². The standard InChI is InChI=1S/C15H25NO3/c1-17-12-13-19-11-5-9-16-10-8-14-6-3-4-7-15(14)18-2/h3-4,6-7,16H,5,8-13H2,1-2H3. The third kappa shape index (κ3) is 7.15. The summed E-state index contributed by atoms with van der Waals surface area (Å²) in [4.78, 5) is 0. The predicted octanol–water partition coefficient (Wildman–Crippen LogP) is 1.88. The van der Waals surface area contributed by atoms with E-state index < -0.39 is 0 Å². The summed E-state index contributed by atoms with van der Waals surface area (Å²) in [6.07, 6.45) is 2.00. The Labute approximate surface area is 116 Å². The van der Waals surface area contributed by atoms with Crippen molar-refractivity contribution in [2.24, 2.45) is 0 Å². The molecule has 1 aromatic rings. The van der Waals surface area contributed by atoms with Crippen molar-refractivity contribution in [3.63, 3.8) is 0 Å². The minimum Gasteiger partial charge on any atom is -0.496 e. The van der Waals surface area contributed by atoms with Crippen molar-refractivity contribution in [1.82, 2.24) is 5.32 Å². The van der Waals surface area contributed by atoms with E-state index in [0.29, 0.717) is 13.2 Å². The van der Waals surface area contributed by atoms with Gasteiger partial charge in [0.2, 0.25) is 0 Å². The van der Waals surface area contributed by atoms with Gasteiger partial charge in [-0.15, -0.1) is 0 Å². The van der Waals surface area contributed by atoms with Crippen molar-refractivity contribution in [3.05, 3.63) is 29.8 Å². The molecule has 4 heteroatoms. The van der Waals surface area contributed by atoms with Gasteiger partial charge in [-0.05, 0) is 37.6 Å². The Balaban J connectivity index is 2.01. The summed E-state index contributed by atoms with van der Waals surface area (Å²) in [6.45, 7) is 4.06. The molecule has 0 amide bonds. The zero-order valence-corrected chi connectivity index (χ0v) is 12.0. The second-order valence-corrected chi connectivity index (χ2v) is 4.27. The number of benzene rings is 1. The van der Waals surface area contributed by atoms with Gasteiger partial charge in [-0.2, -0.15) is 0 Å². The summed E-state index contributed by atoms with van der Waals surface area (Å²) in [6, 6.07) is 8.14.